The fraction of sp³-hybridized carbons (Fsp3) is 0.409. The highest BCUT2D eigenvalue weighted by Gasteiger charge is 2.12. The van der Waals surface area contributed by atoms with Gasteiger partial charge in [-0.3, -0.25) is 9.89 Å². The first kappa shape index (κ1) is 20.2. The molecule has 0 radical (unpaired) electrons. The average Bonchev–Trinajstić information content (AvgIpc) is 2.76. The van der Waals surface area contributed by atoms with Crippen molar-refractivity contribution >= 4 is 5.96 Å². The molecule has 0 aromatic heterocycles. The summed E-state index contributed by atoms with van der Waals surface area (Å²) in [6.07, 6.45) is 0. The number of methoxy groups -OCH3 is 1. The molecule has 0 amide bonds. The third-order valence-electron chi connectivity index (χ3n) is 4.88. The molecule has 2 N–H and O–H groups in total. The average molecular weight is 383 g/mol. The maximum Gasteiger partial charge on any atom is 0.191 e. The molecule has 2 aromatic carbocycles. The summed E-state index contributed by atoms with van der Waals surface area (Å²) in [5.74, 6) is 1.64. The van der Waals surface area contributed by atoms with Gasteiger partial charge in [-0.1, -0.05) is 36.4 Å². The van der Waals surface area contributed by atoms with E-state index in [0.29, 0.717) is 6.54 Å². The van der Waals surface area contributed by atoms with E-state index in [9.17, 15) is 0 Å². The van der Waals surface area contributed by atoms with Gasteiger partial charge in [0.25, 0.3) is 0 Å². The molecule has 3 rings (SSSR count). The molecule has 0 unspecified atom stereocenters. The highest BCUT2D eigenvalue weighted by molar-refractivity contribution is 5.79. The number of hydrogen-bond donors (Lipinski definition) is 2. The number of guanidine groups is 1. The topological polar surface area (TPSA) is 58.1 Å². The van der Waals surface area contributed by atoms with Gasteiger partial charge >= 0.3 is 0 Å². The number of rotatable bonds is 7. The molecular formula is C22H30N4O2. The summed E-state index contributed by atoms with van der Waals surface area (Å²) in [4.78, 5) is 6.78. The molecule has 1 heterocycles. The summed E-state index contributed by atoms with van der Waals surface area (Å²) < 4.78 is 10.7. The van der Waals surface area contributed by atoms with E-state index in [1.165, 1.54) is 11.1 Å². The van der Waals surface area contributed by atoms with Crippen LogP contribution >= 0.6 is 0 Å². The zero-order valence-corrected chi connectivity index (χ0v) is 16.8. The van der Waals surface area contributed by atoms with Gasteiger partial charge in [0, 0.05) is 39.8 Å². The smallest absolute Gasteiger partial charge is 0.191 e. The van der Waals surface area contributed by atoms with Crippen LogP contribution in [-0.4, -0.2) is 51.3 Å². The number of hydrogen-bond acceptors (Lipinski definition) is 4. The zero-order chi connectivity index (χ0) is 19.6. The zero-order valence-electron chi connectivity index (χ0n) is 16.8. The molecule has 0 atom stereocenters. The predicted octanol–water partition coefficient (Wildman–Crippen LogP) is 2.39. The summed E-state index contributed by atoms with van der Waals surface area (Å²) in [5.41, 5.74) is 3.79. The van der Waals surface area contributed by atoms with Gasteiger partial charge in [0.15, 0.2) is 5.96 Å². The van der Waals surface area contributed by atoms with E-state index in [1.807, 2.05) is 18.2 Å². The standard InChI is InChI=1S/C22H30N4O2/c1-23-22(24-15-18-6-5-9-21(14-18)27-2)25-16-19-7-3-4-8-20(19)17-26-10-12-28-13-11-26/h3-9,14H,10-13,15-17H2,1-2H3,(H2,23,24,25). The van der Waals surface area contributed by atoms with Crippen LogP contribution in [0.3, 0.4) is 0 Å². The van der Waals surface area contributed by atoms with Gasteiger partial charge in [-0.05, 0) is 28.8 Å². The van der Waals surface area contributed by atoms with Crippen LogP contribution in [0.4, 0.5) is 0 Å². The van der Waals surface area contributed by atoms with Gasteiger partial charge in [-0.2, -0.15) is 0 Å². The Morgan fingerprint density at radius 3 is 2.54 bits per heavy atom. The highest BCUT2D eigenvalue weighted by Crippen LogP contribution is 2.14. The van der Waals surface area contributed by atoms with Crippen LogP contribution in [0.5, 0.6) is 5.75 Å². The first-order valence-electron chi connectivity index (χ1n) is 9.73. The lowest BCUT2D eigenvalue weighted by molar-refractivity contribution is 0.0341. The first-order chi connectivity index (χ1) is 13.8. The van der Waals surface area contributed by atoms with Crippen LogP contribution in [0.2, 0.25) is 0 Å². The van der Waals surface area contributed by atoms with E-state index < -0.39 is 0 Å². The van der Waals surface area contributed by atoms with Crippen molar-refractivity contribution in [2.45, 2.75) is 19.6 Å². The first-order valence-corrected chi connectivity index (χ1v) is 9.73. The quantitative estimate of drug-likeness (QED) is 0.569. The van der Waals surface area contributed by atoms with Gasteiger partial charge < -0.3 is 20.1 Å². The van der Waals surface area contributed by atoms with Crippen molar-refractivity contribution in [1.29, 1.82) is 0 Å². The van der Waals surface area contributed by atoms with Crippen LogP contribution in [0.1, 0.15) is 16.7 Å². The molecule has 0 saturated carbocycles. The number of nitrogens with one attached hydrogen (secondary N) is 2. The van der Waals surface area contributed by atoms with Gasteiger partial charge in [0.1, 0.15) is 5.75 Å². The third kappa shape index (κ3) is 5.97. The number of aliphatic imine (C=N–C) groups is 1. The second-order valence-electron chi connectivity index (χ2n) is 6.79. The molecule has 150 valence electrons. The van der Waals surface area contributed by atoms with E-state index in [1.54, 1.807) is 14.2 Å². The SMILES string of the molecule is CN=C(NCc1cccc(OC)c1)NCc1ccccc1CN1CCOCC1. The van der Waals surface area contributed by atoms with Crippen molar-refractivity contribution in [3.63, 3.8) is 0 Å². The molecule has 0 bridgehead atoms. The molecule has 2 aromatic rings. The van der Waals surface area contributed by atoms with Crippen molar-refractivity contribution in [2.75, 3.05) is 40.5 Å². The fourth-order valence-corrected chi connectivity index (χ4v) is 3.25. The molecule has 0 aliphatic carbocycles. The molecule has 0 spiro atoms. The number of benzene rings is 2. The van der Waals surface area contributed by atoms with Crippen LogP contribution in [-0.2, 0) is 24.4 Å². The molecule has 1 aliphatic rings. The van der Waals surface area contributed by atoms with Crippen LogP contribution in [0.15, 0.2) is 53.5 Å². The maximum atomic E-state index is 5.45. The number of ether oxygens (including phenoxy) is 2. The summed E-state index contributed by atoms with van der Waals surface area (Å²) in [6, 6.07) is 16.6. The van der Waals surface area contributed by atoms with E-state index in [4.69, 9.17) is 9.47 Å². The molecule has 1 fully saturated rings. The Balaban J connectivity index is 1.54. The van der Waals surface area contributed by atoms with Crippen molar-refractivity contribution in [3.8, 4) is 5.75 Å². The highest BCUT2D eigenvalue weighted by atomic mass is 16.5. The van der Waals surface area contributed by atoms with Crippen molar-refractivity contribution in [2.24, 2.45) is 4.99 Å². The minimum Gasteiger partial charge on any atom is -0.497 e. The van der Waals surface area contributed by atoms with Crippen molar-refractivity contribution in [1.82, 2.24) is 15.5 Å². The number of nitrogens with zero attached hydrogens (tertiary/aromatic N) is 2. The third-order valence-corrected chi connectivity index (χ3v) is 4.88. The second-order valence-corrected chi connectivity index (χ2v) is 6.79. The summed E-state index contributed by atoms with van der Waals surface area (Å²) in [7, 11) is 3.47. The molecule has 28 heavy (non-hydrogen) atoms. The van der Waals surface area contributed by atoms with Crippen molar-refractivity contribution in [3.05, 3.63) is 65.2 Å². The number of morpholine rings is 1. The minimum absolute atomic E-state index is 0.687. The Kier molecular flexibility index (Phi) is 7.70. The van der Waals surface area contributed by atoms with Crippen molar-refractivity contribution < 1.29 is 9.47 Å². The van der Waals surface area contributed by atoms with Gasteiger partial charge in [-0.15, -0.1) is 0 Å². The molecule has 1 aliphatic heterocycles. The minimum atomic E-state index is 0.687. The monoisotopic (exact) mass is 382 g/mol. The Labute approximate surface area is 167 Å². The fourth-order valence-electron chi connectivity index (χ4n) is 3.25. The molecule has 6 heteroatoms. The van der Waals surface area contributed by atoms with Gasteiger partial charge in [0.2, 0.25) is 0 Å². The Bertz CT molecular complexity index is 773. The summed E-state index contributed by atoms with van der Waals surface area (Å²) in [5, 5.41) is 6.79. The van der Waals surface area contributed by atoms with E-state index >= 15 is 0 Å². The maximum absolute atomic E-state index is 5.45. The Hall–Kier alpha value is -2.57. The van der Waals surface area contributed by atoms with Gasteiger partial charge in [-0.25, -0.2) is 0 Å². The normalized spacial score (nSPS) is 15.3. The van der Waals surface area contributed by atoms with E-state index in [2.05, 4.69) is 50.9 Å². The second kappa shape index (κ2) is 10.7. The van der Waals surface area contributed by atoms with E-state index in [0.717, 1.165) is 56.7 Å². The van der Waals surface area contributed by atoms with Crippen LogP contribution in [0, 0.1) is 0 Å². The summed E-state index contributed by atoms with van der Waals surface area (Å²) >= 11 is 0. The lowest BCUT2D eigenvalue weighted by Gasteiger charge is -2.27. The lowest BCUT2D eigenvalue weighted by atomic mass is 10.1. The van der Waals surface area contributed by atoms with Crippen LogP contribution < -0.4 is 15.4 Å². The van der Waals surface area contributed by atoms with Gasteiger partial charge in [0.05, 0.1) is 20.3 Å². The van der Waals surface area contributed by atoms with E-state index in [-0.39, 0.29) is 0 Å². The summed E-state index contributed by atoms with van der Waals surface area (Å²) in [6.45, 7) is 6.00. The largest absolute Gasteiger partial charge is 0.497 e. The predicted molar refractivity (Wildman–Crippen MR) is 113 cm³/mol. The molecule has 1 saturated heterocycles. The van der Waals surface area contributed by atoms with Crippen LogP contribution in [0.25, 0.3) is 0 Å². The molecular weight excluding hydrogens is 352 g/mol. The Morgan fingerprint density at radius 2 is 1.79 bits per heavy atom. The Morgan fingerprint density at radius 1 is 1.04 bits per heavy atom. The lowest BCUT2D eigenvalue weighted by Crippen LogP contribution is -2.37. The molecule has 6 nitrogen and oxygen atoms in total.